The van der Waals surface area contributed by atoms with Gasteiger partial charge in [-0.1, -0.05) is 30.3 Å². The maximum atomic E-state index is 11.1. The van der Waals surface area contributed by atoms with Gasteiger partial charge in [-0.15, -0.1) is 0 Å². The number of nitrogens with zero attached hydrogens (tertiary/aromatic N) is 1. The Morgan fingerprint density at radius 3 is 2.81 bits per heavy atom. The number of benzene rings is 2. The summed E-state index contributed by atoms with van der Waals surface area (Å²) in [6.07, 6.45) is 0.826. The fraction of sp³-hybridized carbons (Fsp3) is 0.176. The highest BCUT2D eigenvalue weighted by molar-refractivity contribution is 5.88. The number of rotatable bonds is 6. The molecule has 0 aliphatic carbocycles. The second-order valence-electron chi connectivity index (χ2n) is 4.50. The van der Waals surface area contributed by atoms with Crippen LogP contribution in [0.5, 0.6) is 0 Å². The number of carbonyl (C=O) groups is 1. The van der Waals surface area contributed by atoms with Crippen molar-refractivity contribution in [3.8, 4) is 17.2 Å². The smallest absolute Gasteiger partial charge is 0.150 e. The van der Waals surface area contributed by atoms with Crippen LogP contribution < -0.4 is 5.32 Å². The van der Waals surface area contributed by atoms with Crippen LogP contribution in [-0.2, 0) is 4.74 Å². The van der Waals surface area contributed by atoms with Crippen LogP contribution in [0.4, 0.5) is 5.69 Å². The molecule has 0 saturated carbocycles. The van der Waals surface area contributed by atoms with Crippen LogP contribution in [0, 0.1) is 11.3 Å². The Hall–Kier alpha value is -2.64. The van der Waals surface area contributed by atoms with Gasteiger partial charge in [-0.3, -0.25) is 4.79 Å². The van der Waals surface area contributed by atoms with Crippen LogP contribution in [0.1, 0.15) is 15.9 Å². The predicted molar refractivity (Wildman–Crippen MR) is 82.3 cm³/mol. The molecule has 106 valence electrons. The molecule has 2 aromatic carbocycles. The standard InChI is InChI=1S/C17H16N2O2/c1-21-9-8-19-17-7-6-13(10-15(17)11-18)16-5-3-2-4-14(16)12-20/h2-7,10,12,19H,8-9H2,1H3. The number of aldehydes is 1. The predicted octanol–water partition coefficient (Wildman–Crippen LogP) is 3.10. The van der Waals surface area contributed by atoms with E-state index in [0.29, 0.717) is 24.3 Å². The molecule has 1 N–H and O–H groups in total. The summed E-state index contributed by atoms with van der Waals surface area (Å²) in [7, 11) is 1.63. The molecule has 4 nitrogen and oxygen atoms in total. The molecule has 0 atom stereocenters. The van der Waals surface area contributed by atoms with Crippen molar-refractivity contribution in [1.82, 2.24) is 0 Å². The van der Waals surface area contributed by atoms with E-state index in [-0.39, 0.29) is 0 Å². The Kier molecular flexibility index (Phi) is 5.08. The average molecular weight is 280 g/mol. The van der Waals surface area contributed by atoms with Crippen LogP contribution in [0.15, 0.2) is 42.5 Å². The first-order chi connectivity index (χ1) is 10.3. The van der Waals surface area contributed by atoms with E-state index in [2.05, 4.69) is 11.4 Å². The van der Waals surface area contributed by atoms with E-state index in [9.17, 15) is 10.1 Å². The van der Waals surface area contributed by atoms with Gasteiger partial charge in [0.05, 0.1) is 17.9 Å². The Labute approximate surface area is 124 Å². The van der Waals surface area contributed by atoms with Crippen LogP contribution in [0.2, 0.25) is 0 Å². The molecule has 0 radical (unpaired) electrons. The van der Waals surface area contributed by atoms with Crippen LogP contribution in [-0.4, -0.2) is 26.5 Å². The van der Waals surface area contributed by atoms with Crippen LogP contribution >= 0.6 is 0 Å². The molecule has 0 aromatic heterocycles. The third kappa shape index (κ3) is 3.47. The number of nitrogens with one attached hydrogen (secondary N) is 1. The number of hydrogen-bond donors (Lipinski definition) is 1. The number of nitriles is 1. The monoisotopic (exact) mass is 280 g/mol. The number of carbonyl (C=O) groups excluding carboxylic acids is 1. The highest BCUT2D eigenvalue weighted by atomic mass is 16.5. The summed E-state index contributed by atoms with van der Waals surface area (Å²) in [6.45, 7) is 1.20. The first-order valence-corrected chi connectivity index (χ1v) is 6.61. The van der Waals surface area contributed by atoms with E-state index >= 15 is 0 Å². The molecule has 0 heterocycles. The van der Waals surface area contributed by atoms with Crippen molar-refractivity contribution in [2.45, 2.75) is 0 Å². The van der Waals surface area contributed by atoms with E-state index in [1.54, 1.807) is 19.2 Å². The second kappa shape index (κ2) is 7.22. The minimum atomic E-state index is 0.546. The number of anilines is 1. The molecular weight excluding hydrogens is 264 g/mol. The summed E-state index contributed by atoms with van der Waals surface area (Å²) in [5.74, 6) is 0. The molecule has 0 spiro atoms. The Morgan fingerprint density at radius 1 is 1.29 bits per heavy atom. The van der Waals surface area contributed by atoms with Crippen molar-refractivity contribution in [3.05, 3.63) is 53.6 Å². The molecule has 21 heavy (non-hydrogen) atoms. The topological polar surface area (TPSA) is 62.1 Å². The van der Waals surface area contributed by atoms with Gasteiger partial charge in [0, 0.05) is 19.2 Å². The van der Waals surface area contributed by atoms with E-state index in [0.717, 1.165) is 23.1 Å². The molecular formula is C17H16N2O2. The van der Waals surface area contributed by atoms with Gasteiger partial charge in [0.1, 0.15) is 6.07 Å². The molecule has 0 saturated heterocycles. The number of hydrogen-bond acceptors (Lipinski definition) is 4. The van der Waals surface area contributed by atoms with Gasteiger partial charge >= 0.3 is 0 Å². The number of ether oxygens (including phenoxy) is 1. The minimum Gasteiger partial charge on any atom is -0.383 e. The van der Waals surface area contributed by atoms with Gasteiger partial charge in [0.25, 0.3) is 0 Å². The molecule has 0 amide bonds. The van der Waals surface area contributed by atoms with Gasteiger partial charge in [0.15, 0.2) is 6.29 Å². The molecule has 2 rings (SSSR count). The molecule has 0 aliphatic heterocycles. The highest BCUT2D eigenvalue weighted by Gasteiger charge is 2.08. The fourth-order valence-corrected chi connectivity index (χ4v) is 2.11. The van der Waals surface area contributed by atoms with Crippen LogP contribution in [0.25, 0.3) is 11.1 Å². The van der Waals surface area contributed by atoms with Crippen LogP contribution in [0.3, 0.4) is 0 Å². The fourth-order valence-electron chi connectivity index (χ4n) is 2.11. The zero-order valence-corrected chi connectivity index (χ0v) is 11.8. The molecule has 0 unspecified atom stereocenters. The van der Waals surface area contributed by atoms with Crippen molar-refractivity contribution < 1.29 is 9.53 Å². The summed E-state index contributed by atoms with van der Waals surface area (Å²) < 4.78 is 4.98. The third-order valence-corrected chi connectivity index (χ3v) is 3.16. The van der Waals surface area contributed by atoms with Gasteiger partial charge in [0.2, 0.25) is 0 Å². The van der Waals surface area contributed by atoms with E-state index in [4.69, 9.17) is 4.74 Å². The lowest BCUT2D eigenvalue weighted by atomic mass is 9.98. The lowest BCUT2D eigenvalue weighted by Gasteiger charge is -2.10. The van der Waals surface area contributed by atoms with Crippen molar-refractivity contribution >= 4 is 12.0 Å². The summed E-state index contributed by atoms with van der Waals surface area (Å²) >= 11 is 0. The lowest BCUT2D eigenvalue weighted by Crippen LogP contribution is -2.08. The highest BCUT2D eigenvalue weighted by Crippen LogP contribution is 2.27. The zero-order chi connectivity index (χ0) is 15.1. The Balaban J connectivity index is 2.35. The molecule has 0 fully saturated rings. The van der Waals surface area contributed by atoms with Gasteiger partial charge in [-0.2, -0.15) is 5.26 Å². The first-order valence-electron chi connectivity index (χ1n) is 6.61. The van der Waals surface area contributed by atoms with Gasteiger partial charge in [-0.05, 0) is 23.3 Å². The first kappa shape index (κ1) is 14.8. The molecule has 0 aliphatic rings. The zero-order valence-electron chi connectivity index (χ0n) is 11.8. The quantitative estimate of drug-likeness (QED) is 0.652. The maximum Gasteiger partial charge on any atom is 0.150 e. The minimum absolute atomic E-state index is 0.546. The van der Waals surface area contributed by atoms with Gasteiger partial charge in [-0.25, -0.2) is 0 Å². The third-order valence-electron chi connectivity index (χ3n) is 3.16. The largest absolute Gasteiger partial charge is 0.383 e. The molecule has 4 heteroatoms. The maximum absolute atomic E-state index is 11.1. The van der Waals surface area contributed by atoms with E-state index in [1.807, 2.05) is 30.3 Å². The second-order valence-corrected chi connectivity index (χ2v) is 4.50. The summed E-state index contributed by atoms with van der Waals surface area (Å²) in [4.78, 5) is 11.1. The Bertz CT molecular complexity index is 675. The summed E-state index contributed by atoms with van der Waals surface area (Å²) in [5, 5.41) is 12.4. The average Bonchev–Trinajstić information content (AvgIpc) is 2.55. The van der Waals surface area contributed by atoms with Crippen molar-refractivity contribution in [3.63, 3.8) is 0 Å². The summed E-state index contributed by atoms with van der Waals surface area (Å²) in [6, 6.07) is 15.1. The Morgan fingerprint density at radius 2 is 2.10 bits per heavy atom. The SMILES string of the molecule is COCCNc1ccc(-c2ccccc2C=O)cc1C#N. The van der Waals surface area contributed by atoms with Crippen molar-refractivity contribution in [2.24, 2.45) is 0 Å². The number of methoxy groups -OCH3 is 1. The van der Waals surface area contributed by atoms with Crippen molar-refractivity contribution in [2.75, 3.05) is 25.6 Å². The summed E-state index contributed by atoms with van der Waals surface area (Å²) in [5.41, 5.74) is 3.60. The van der Waals surface area contributed by atoms with E-state index in [1.165, 1.54) is 0 Å². The van der Waals surface area contributed by atoms with E-state index < -0.39 is 0 Å². The van der Waals surface area contributed by atoms with Crippen molar-refractivity contribution in [1.29, 1.82) is 5.26 Å². The molecule has 2 aromatic rings. The van der Waals surface area contributed by atoms with Gasteiger partial charge < -0.3 is 10.1 Å². The normalized spacial score (nSPS) is 9.90. The lowest BCUT2D eigenvalue weighted by molar-refractivity contribution is 0.112. The molecule has 0 bridgehead atoms.